The van der Waals surface area contributed by atoms with Gasteiger partial charge in [-0.2, -0.15) is 0 Å². The lowest BCUT2D eigenvalue weighted by Crippen LogP contribution is -2.49. The van der Waals surface area contributed by atoms with Crippen molar-refractivity contribution in [2.75, 3.05) is 6.61 Å². The van der Waals surface area contributed by atoms with Crippen LogP contribution in [0.2, 0.25) is 0 Å². The molecular weight excluding hydrogens is 246 g/mol. The molecule has 0 fully saturated rings. The number of hydrogen-bond acceptors (Lipinski definition) is 3. The lowest BCUT2D eigenvalue weighted by Gasteiger charge is -2.25. The molecule has 1 amide bonds. The van der Waals surface area contributed by atoms with Crippen LogP contribution in [0.4, 0.5) is 0 Å². The van der Waals surface area contributed by atoms with Gasteiger partial charge in [-0.3, -0.25) is 4.79 Å². The standard InChI is InChI=1S/C14H19NO4/c1-14(2,8-10-6-4-3-5-7-10)13(19)15-11(9-16)12(17)18/h3-7,11,16H,8-9H2,1-2H3,(H,15,19)(H,17,18). The van der Waals surface area contributed by atoms with Gasteiger partial charge >= 0.3 is 5.97 Å². The fourth-order valence-electron chi connectivity index (χ4n) is 1.73. The number of carboxylic acids is 1. The van der Waals surface area contributed by atoms with Gasteiger partial charge in [0.05, 0.1) is 6.61 Å². The summed E-state index contributed by atoms with van der Waals surface area (Å²) in [7, 11) is 0. The number of benzene rings is 1. The van der Waals surface area contributed by atoms with Crippen LogP contribution < -0.4 is 5.32 Å². The maximum atomic E-state index is 12.1. The molecule has 5 heteroatoms. The lowest BCUT2D eigenvalue weighted by molar-refractivity contribution is -0.144. The van der Waals surface area contributed by atoms with Crippen molar-refractivity contribution in [3.63, 3.8) is 0 Å². The van der Waals surface area contributed by atoms with Gasteiger partial charge in [0.25, 0.3) is 0 Å². The maximum absolute atomic E-state index is 12.1. The summed E-state index contributed by atoms with van der Waals surface area (Å²) in [5.74, 6) is -1.64. The number of aliphatic hydroxyl groups is 1. The van der Waals surface area contributed by atoms with E-state index in [0.717, 1.165) is 5.56 Å². The maximum Gasteiger partial charge on any atom is 0.328 e. The van der Waals surface area contributed by atoms with Gasteiger partial charge in [0.15, 0.2) is 0 Å². The zero-order valence-corrected chi connectivity index (χ0v) is 11.1. The molecule has 1 unspecified atom stereocenters. The summed E-state index contributed by atoms with van der Waals surface area (Å²) in [4.78, 5) is 22.8. The number of amides is 1. The summed E-state index contributed by atoms with van der Waals surface area (Å²) in [5, 5.41) is 20.0. The predicted octanol–water partition coefficient (Wildman–Crippen LogP) is 0.817. The summed E-state index contributed by atoms with van der Waals surface area (Å²) in [6.07, 6.45) is 0.497. The first-order valence-corrected chi connectivity index (χ1v) is 6.05. The minimum atomic E-state index is -1.26. The minimum absolute atomic E-state index is 0.391. The lowest BCUT2D eigenvalue weighted by atomic mass is 9.84. The normalized spacial score (nSPS) is 12.8. The molecule has 1 atom stereocenters. The molecule has 5 nitrogen and oxygen atoms in total. The third-order valence-corrected chi connectivity index (χ3v) is 2.89. The fraction of sp³-hybridized carbons (Fsp3) is 0.429. The molecule has 0 aromatic heterocycles. The summed E-state index contributed by atoms with van der Waals surface area (Å²) in [6.45, 7) is 2.86. The fourth-order valence-corrected chi connectivity index (χ4v) is 1.73. The summed E-state index contributed by atoms with van der Waals surface area (Å²) in [6, 6.07) is 8.23. The van der Waals surface area contributed by atoms with Gasteiger partial charge in [-0.15, -0.1) is 0 Å². The van der Waals surface area contributed by atoms with Crippen LogP contribution in [0.5, 0.6) is 0 Å². The average molecular weight is 265 g/mol. The van der Waals surface area contributed by atoms with Crippen LogP contribution in [-0.2, 0) is 16.0 Å². The minimum Gasteiger partial charge on any atom is -0.480 e. The van der Waals surface area contributed by atoms with Crippen molar-refractivity contribution in [2.45, 2.75) is 26.3 Å². The highest BCUT2D eigenvalue weighted by Crippen LogP contribution is 2.22. The second-order valence-corrected chi connectivity index (χ2v) is 5.09. The topological polar surface area (TPSA) is 86.6 Å². The van der Waals surface area contributed by atoms with E-state index in [1.54, 1.807) is 13.8 Å². The van der Waals surface area contributed by atoms with Gasteiger partial charge in [0, 0.05) is 5.41 Å². The first-order valence-electron chi connectivity index (χ1n) is 6.05. The Balaban J connectivity index is 2.71. The molecule has 0 saturated heterocycles. The van der Waals surface area contributed by atoms with Crippen molar-refractivity contribution in [3.05, 3.63) is 35.9 Å². The largest absolute Gasteiger partial charge is 0.480 e. The predicted molar refractivity (Wildman–Crippen MR) is 70.6 cm³/mol. The monoisotopic (exact) mass is 265 g/mol. The van der Waals surface area contributed by atoms with Gasteiger partial charge < -0.3 is 15.5 Å². The second-order valence-electron chi connectivity index (χ2n) is 5.09. The molecule has 1 aromatic rings. The third kappa shape index (κ3) is 4.37. The number of aliphatic carboxylic acids is 1. The SMILES string of the molecule is CC(C)(Cc1ccccc1)C(=O)NC(CO)C(=O)O. The van der Waals surface area contributed by atoms with E-state index in [-0.39, 0.29) is 0 Å². The average Bonchev–Trinajstić information content (AvgIpc) is 2.35. The quantitative estimate of drug-likeness (QED) is 0.710. The molecule has 0 aliphatic heterocycles. The van der Waals surface area contributed by atoms with Crippen LogP contribution in [-0.4, -0.2) is 34.7 Å². The Kier molecular flexibility index (Phi) is 5.06. The number of carbonyl (C=O) groups is 2. The number of carboxylic acid groups (broad SMARTS) is 1. The molecule has 104 valence electrons. The van der Waals surface area contributed by atoms with Gasteiger partial charge in [-0.05, 0) is 12.0 Å². The van der Waals surface area contributed by atoms with E-state index in [1.165, 1.54) is 0 Å². The van der Waals surface area contributed by atoms with Crippen LogP contribution in [0.1, 0.15) is 19.4 Å². The number of aliphatic hydroxyl groups excluding tert-OH is 1. The number of nitrogens with one attached hydrogen (secondary N) is 1. The number of carbonyl (C=O) groups excluding carboxylic acids is 1. The highest BCUT2D eigenvalue weighted by Gasteiger charge is 2.31. The molecule has 0 aliphatic carbocycles. The first kappa shape index (κ1) is 15.2. The van der Waals surface area contributed by atoms with Crippen molar-refractivity contribution in [1.29, 1.82) is 0 Å². The van der Waals surface area contributed by atoms with Crippen molar-refractivity contribution in [2.24, 2.45) is 5.41 Å². The van der Waals surface area contributed by atoms with Crippen LogP contribution in [0, 0.1) is 5.41 Å². The van der Waals surface area contributed by atoms with Crippen molar-refractivity contribution in [1.82, 2.24) is 5.32 Å². The van der Waals surface area contributed by atoms with Gasteiger partial charge in [-0.25, -0.2) is 4.79 Å². The Bertz CT molecular complexity index is 442. The van der Waals surface area contributed by atoms with Crippen molar-refractivity contribution >= 4 is 11.9 Å². The molecule has 0 radical (unpaired) electrons. The van der Waals surface area contributed by atoms with Crippen molar-refractivity contribution < 1.29 is 19.8 Å². The Morgan fingerprint density at radius 2 is 1.84 bits per heavy atom. The second kappa shape index (κ2) is 6.33. The molecule has 0 aliphatic rings. The van der Waals surface area contributed by atoms with E-state index in [9.17, 15) is 9.59 Å². The van der Waals surface area contributed by atoms with E-state index in [2.05, 4.69) is 5.32 Å². The zero-order chi connectivity index (χ0) is 14.5. The molecule has 19 heavy (non-hydrogen) atoms. The molecule has 1 aromatic carbocycles. The third-order valence-electron chi connectivity index (χ3n) is 2.89. The molecule has 3 N–H and O–H groups in total. The Hall–Kier alpha value is -1.88. The number of hydrogen-bond donors (Lipinski definition) is 3. The molecule has 0 spiro atoms. The summed E-state index contributed by atoms with van der Waals surface area (Å²) in [5.41, 5.74) is 0.253. The highest BCUT2D eigenvalue weighted by atomic mass is 16.4. The van der Waals surface area contributed by atoms with Gasteiger partial charge in [0.2, 0.25) is 5.91 Å². The van der Waals surface area contributed by atoms with E-state index in [4.69, 9.17) is 10.2 Å². The first-order chi connectivity index (χ1) is 8.86. The smallest absolute Gasteiger partial charge is 0.328 e. The van der Waals surface area contributed by atoms with Crippen LogP contribution in [0.3, 0.4) is 0 Å². The molecule has 0 heterocycles. The Morgan fingerprint density at radius 1 is 1.26 bits per heavy atom. The highest BCUT2D eigenvalue weighted by molar-refractivity contribution is 5.87. The summed E-state index contributed by atoms with van der Waals surface area (Å²) < 4.78 is 0. The molecular formula is C14H19NO4. The molecule has 1 rings (SSSR count). The molecule has 0 saturated carbocycles. The van der Waals surface area contributed by atoms with E-state index in [0.29, 0.717) is 6.42 Å². The Morgan fingerprint density at radius 3 is 2.32 bits per heavy atom. The van der Waals surface area contributed by atoms with Gasteiger partial charge in [0.1, 0.15) is 6.04 Å². The van der Waals surface area contributed by atoms with E-state index >= 15 is 0 Å². The summed E-state index contributed by atoms with van der Waals surface area (Å²) >= 11 is 0. The van der Waals surface area contributed by atoms with Gasteiger partial charge in [-0.1, -0.05) is 44.2 Å². The van der Waals surface area contributed by atoms with Crippen LogP contribution in [0.15, 0.2) is 30.3 Å². The van der Waals surface area contributed by atoms with E-state index < -0.39 is 29.9 Å². The molecule has 0 bridgehead atoms. The zero-order valence-electron chi connectivity index (χ0n) is 11.1. The number of rotatable bonds is 6. The van der Waals surface area contributed by atoms with E-state index in [1.807, 2.05) is 30.3 Å². The van der Waals surface area contributed by atoms with Crippen LogP contribution in [0.25, 0.3) is 0 Å². The van der Waals surface area contributed by atoms with Crippen molar-refractivity contribution in [3.8, 4) is 0 Å². The van der Waals surface area contributed by atoms with Crippen LogP contribution >= 0.6 is 0 Å². The Labute approximate surface area is 112 Å².